The van der Waals surface area contributed by atoms with Crippen LogP contribution in [0.1, 0.15) is 36.8 Å². The van der Waals surface area contributed by atoms with Gasteiger partial charge in [0.1, 0.15) is 22.5 Å². The number of hydrogen-bond acceptors (Lipinski definition) is 7. The maximum Gasteiger partial charge on any atom is 0.341 e. The minimum Gasteiger partial charge on any atom is -0.480 e. The molecule has 3 N–H and O–H groups in total. The van der Waals surface area contributed by atoms with E-state index in [0.29, 0.717) is 21.8 Å². The van der Waals surface area contributed by atoms with Crippen LogP contribution >= 0.6 is 11.6 Å². The maximum atomic E-state index is 12.3. The topological polar surface area (TPSA) is 151 Å². The number of amides is 1. The van der Waals surface area contributed by atoms with Crippen molar-refractivity contribution >= 4 is 57.1 Å². The second kappa shape index (κ2) is 11.0. The van der Waals surface area contributed by atoms with E-state index < -0.39 is 24.1 Å². The number of halogens is 1. The molecule has 0 aliphatic carbocycles. The molecular formula is C28H25ClN4O6. The summed E-state index contributed by atoms with van der Waals surface area (Å²) in [7, 11) is 0. The average Bonchev–Trinajstić information content (AvgIpc) is 3.23. The third-order valence-corrected chi connectivity index (χ3v) is 6.70. The monoisotopic (exact) mass is 548 g/mol. The lowest BCUT2D eigenvalue weighted by atomic mass is 9.89. The van der Waals surface area contributed by atoms with Crippen LogP contribution in [0.2, 0.25) is 5.02 Å². The van der Waals surface area contributed by atoms with Crippen molar-refractivity contribution in [1.82, 2.24) is 15.3 Å². The first-order chi connectivity index (χ1) is 18.5. The molecule has 2 aromatic carbocycles. The van der Waals surface area contributed by atoms with Crippen LogP contribution in [-0.4, -0.2) is 56.0 Å². The van der Waals surface area contributed by atoms with Gasteiger partial charge in [0.05, 0.1) is 16.1 Å². The number of fused-ring (bicyclic) bond motifs is 2. The molecule has 1 unspecified atom stereocenters. The number of aromatic nitrogens is 2. The van der Waals surface area contributed by atoms with Gasteiger partial charge in [0.15, 0.2) is 12.4 Å². The molecule has 1 amide bonds. The SMILES string of the molecule is CC(C)C1(C)N=C(c2nc3ccccc3cc2C(=O)O)NC1=O.O=C(O)COc1ccc(Cl)c2cccnc12. The van der Waals surface area contributed by atoms with Gasteiger partial charge in [-0.15, -0.1) is 0 Å². The van der Waals surface area contributed by atoms with E-state index in [1.807, 2.05) is 26.0 Å². The number of amidine groups is 1. The first-order valence-electron chi connectivity index (χ1n) is 11.9. The second-order valence-corrected chi connectivity index (χ2v) is 9.63. The quantitative estimate of drug-likeness (QED) is 0.317. The zero-order valence-electron chi connectivity index (χ0n) is 21.3. The van der Waals surface area contributed by atoms with E-state index in [2.05, 4.69) is 20.3 Å². The van der Waals surface area contributed by atoms with Crippen LogP contribution in [0.4, 0.5) is 0 Å². The van der Waals surface area contributed by atoms with E-state index in [1.54, 1.807) is 55.6 Å². The number of benzene rings is 2. The number of pyridine rings is 2. The summed E-state index contributed by atoms with van der Waals surface area (Å²) in [6.07, 6.45) is 1.60. The largest absolute Gasteiger partial charge is 0.480 e. The van der Waals surface area contributed by atoms with Crippen molar-refractivity contribution in [3.63, 3.8) is 0 Å². The number of rotatable bonds is 6. The summed E-state index contributed by atoms with van der Waals surface area (Å²) in [5.74, 6) is -1.76. The molecule has 4 aromatic rings. The summed E-state index contributed by atoms with van der Waals surface area (Å²) in [6, 6.07) is 15.6. The van der Waals surface area contributed by atoms with Crippen LogP contribution in [0.25, 0.3) is 21.8 Å². The fraction of sp³-hybridized carbons (Fsp3) is 0.214. The second-order valence-electron chi connectivity index (χ2n) is 9.23. The predicted molar refractivity (Wildman–Crippen MR) is 147 cm³/mol. The highest BCUT2D eigenvalue weighted by Gasteiger charge is 2.43. The van der Waals surface area contributed by atoms with E-state index in [4.69, 9.17) is 21.4 Å². The van der Waals surface area contributed by atoms with E-state index in [0.717, 1.165) is 10.8 Å². The molecule has 39 heavy (non-hydrogen) atoms. The first-order valence-corrected chi connectivity index (χ1v) is 12.3. The maximum absolute atomic E-state index is 12.3. The van der Waals surface area contributed by atoms with Crippen molar-refractivity contribution in [2.45, 2.75) is 26.3 Å². The number of nitrogens with zero attached hydrogens (tertiary/aromatic N) is 3. The number of aliphatic imine (C=N–C) groups is 1. The summed E-state index contributed by atoms with van der Waals surface area (Å²) in [5, 5.41) is 22.7. The molecule has 0 fully saturated rings. The Hall–Kier alpha value is -4.57. The summed E-state index contributed by atoms with van der Waals surface area (Å²) < 4.78 is 5.12. The fourth-order valence-electron chi connectivity index (χ4n) is 3.88. The number of ether oxygens (including phenoxy) is 1. The van der Waals surface area contributed by atoms with Crippen molar-refractivity contribution in [2.24, 2.45) is 10.9 Å². The zero-order valence-corrected chi connectivity index (χ0v) is 22.1. The van der Waals surface area contributed by atoms with Gasteiger partial charge in [-0.2, -0.15) is 0 Å². The highest BCUT2D eigenvalue weighted by atomic mass is 35.5. The molecule has 200 valence electrons. The molecule has 0 saturated carbocycles. The van der Waals surface area contributed by atoms with E-state index >= 15 is 0 Å². The summed E-state index contributed by atoms with van der Waals surface area (Å²) in [4.78, 5) is 47.2. The molecule has 3 heterocycles. The van der Waals surface area contributed by atoms with Crippen LogP contribution < -0.4 is 10.1 Å². The Labute approximate surface area is 228 Å². The number of aromatic carboxylic acids is 1. The highest BCUT2D eigenvalue weighted by molar-refractivity contribution is 6.35. The van der Waals surface area contributed by atoms with Crippen LogP contribution in [0, 0.1) is 5.92 Å². The number of hydrogen-bond donors (Lipinski definition) is 3. The third kappa shape index (κ3) is 5.65. The zero-order chi connectivity index (χ0) is 28.3. The molecule has 1 aliphatic heterocycles. The summed E-state index contributed by atoms with van der Waals surface area (Å²) in [6.45, 7) is 5.14. The third-order valence-electron chi connectivity index (χ3n) is 6.37. The van der Waals surface area contributed by atoms with E-state index in [9.17, 15) is 19.5 Å². The Balaban J connectivity index is 0.000000193. The molecule has 0 saturated heterocycles. The number of nitrogens with one attached hydrogen (secondary N) is 1. The van der Waals surface area contributed by atoms with Gasteiger partial charge >= 0.3 is 11.9 Å². The molecule has 2 aromatic heterocycles. The highest BCUT2D eigenvalue weighted by Crippen LogP contribution is 2.30. The lowest BCUT2D eigenvalue weighted by Gasteiger charge is -2.21. The molecular weight excluding hydrogens is 524 g/mol. The van der Waals surface area contributed by atoms with Crippen molar-refractivity contribution in [3.05, 3.63) is 77.1 Å². The van der Waals surface area contributed by atoms with Crippen LogP contribution in [0.15, 0.2) is 65.8 Å². The Morgan fingerprint density at radius 1 is 1.10 bits per heavy atom. The Morgan fingerprint density at radius 3 is 2.51 bits per heavy atom. The lowest BCUT2D eigenvalue weighted by Crippen LogP contribution is -2.41. The fourth-order valence-corrected chi connectivity index (χ4v) is 4.09. The normalized spacial score (nSPS) is 16.4. The van der Waals surface area contributed by atoms with Gasteiger partial charge in [-0.3, -0.25) is 9.78 Å². The molecule has 0 radical (unpaired) electrons. The van der Waals surface area contributed by atoms with Gasteiger partial charge in [0.25, 0.3) is 5.91 Å². The number of carbonyl (C=O) groups is 3. The predicted octanol–water partition coefficient (Wildman–Crippen LogP) is 4.58. The van der Waals surface area contributed by atoms with Crippen LogP contribution in [0.5, 0.6) is 5.75 Å². The molecule has 11 heteroatoms. The molecule has 1 aliphatic rings. The van der Waals surface area contributed by atoms with Gasteiger partial charge < -0.3 is 20.3 Å². The van der Waals surface area contributed by atoms with Crippen molar-refractivity contribution in [2.75, 3.05) is 6.61 Å². The van der Waals surface area contributed by atoms with Crippen molar-refractivity contribution in [1.29, 1.82) is 0 Å². The van der Waals surface area contributed by atoms with Gasteiger partial charge in [-0.05, 0) is 49.2 Å². The number of aliphatic carboxylic acids is 1. The molecule has 0 spiro atoms. The van der Waals surface area contributed by atoms with Gasteiger partial charge in [-0.25, -0.2) is 19.6 Å². The minimum absolute atomic E-state index is 0.0197. The first kappa shape index (κ1) is 27.5. The van der Waals surface area contributed by atoms with Gasteiger partial charge in [-0.1, -0.05) is 43.6 Å². The number of para-hydroxylation sites is 1. The average molecular weight is 549 g/mol. The number of carboxylic acids is 2. The van der Waals surface area contributed by atoms with Crippen LogP contribution in [0.3, 0.4) is 0 Å². The summed E-state index contributed by atoms with van der Waals surface area (Å²) in [5.41, 5.74) is 0.516. The smallest absolute Gasteiger partial charge is 0.341 e. The van der Waals surface area contributed by atoms with Gasteiger partial charge in [0.2, 0.25) is 0 Å². The van der Waals surface area contributed by atoms with Crippen LogP contribution in [-0.2, 0) is 9.59 Å². The molecule has 0 bridgehead atoms. The Kier molecular flexibility index (Phi) is 7.78. The minimum atomic E-state index is -1.10. The lowest BCUT2D eigenvalue weighted by molar-refractivity contribution is -0.139. The number of carbonyl (C=O) groups excluding carboxylic acids is 1. The van der Waals surface area contributed by atoms with Crippen molar-refractivity contribution < 1.29 is 29.3 Å². The van der Waals surface area contributed by atoms with E-state index in [-0.39, 0.29) is 28.9 Å². The standard InChI is InChI=1S/C17H17N3O3.C11H8ClNO3/c1-9(2)17(3)16(23)19-14(20-17)13-11(15(21)22)8-10-6-4-5-7-12(10)18-13;12-8-3-4-9(16-6-10(14)15)11-7(8)2-1-5-13-11/h4-9H,1-3H3,(H,21,22)(H,19,20,23);1-5H,6H2,(H,14,15). The van der Waals surface area contributed by atoms with E-state index in [1.165, 1.54) is 0 Å². The molecule has 1 atom stereocenters. The Morgan fingerprint density at radius 2 is 1.85 bits per heavy atom. The van der Waals surface area contributed by atoms with Crippen molar-refractivity contribution in [3.8, 4) is 5.75 Å². The number of carboxylic acid groups (broad SMARTS) is 2. The van der Waals surface area contributed by atoms with Gasteiger partial charge in [0, 0.05) is 17.0 Å². The summed E-state index contributed by atoms with van der Waals surface area (Å²) >= 11 is 5.98. The Bertz CT molecular complexity index is 1640. The molecule has 10 nitrogen and oxygen atoms in total. The molecule has 5 rings (SSSR count).